The smallest absolute Gasteiger partial charge is 0.242 e. The maximum atomic E-state index is 12.1. The molecule has 0 saturated heterocycles. The zero-order valence-corrected chi connectivity index (χ0v) is 12.4. The van der Waals surface area contributed by atoms with Gasteiger partial charge in [-0.25, -0.2) is 18.1 Å². The predicted octanol–water partition coefficient (Wildman–Crippen LogP) is 2.32. The van der Waals surface area contributed by atoms with Crippen molar-refractivity contribution in [2.24, 2.45) is 0 Å². The van der Waals surface area contributed by atoms with Crippen LogP contribution >= 0.6 is 22.9 Å². The number of aromatic nitrogens is 1. The summed E-state index contributed by atoms with van der Waals surface area (Å²) in [5.41, 5.74) is 0.916. The number of hydrogen-bond acceptors (Lipinski definition) is 5. The minimum atomic E-state index is -3.60. The minimum absolute atomic E-state index is 0.0479. The molecule has 0 aliphatic rings. The van der Waals surface area contributed by atoms with E-state index < -0.39 is 10.0 Å². The van der Waals surface area contributed by atoms with Gasteiger partial charge in [-0.2, -0.15) is 11.3 Å². The molecule has 19 heavy (non-hydrogen) atoms. The van der Waals surface area contributed by atoms with E-state index in [4.69, 9.17) is 11.6 Å². The minimum Gasteiger partial charge on any atom is -0.372 e. The molecular formula is C11H12ClN3O2S2. The van der Waals surface area contributed by atoms with Crippen LogP contribution < -0.4 is 10.0 Å². The summed E-state index contributed by atoms with van der Waals surface area (Å²) in [7, 11) is -1.94. The molecule has 102 valence electrons. The lowest BCUT2D eigenvalue weighted by molar-refractivity contribution is 0.581. The lowest BCUT2D eigenvalue weighted by Crippen LogP contribution is -2.23. The first-order valence-electron chi connectivity index (χ1n) is 5.37. The van der Waals surface area contributed by atoms with Gasteiger partial charge in [-0.05, 0) is 28.5 Å². The van der Waals surface area contributed by atoms with E-state index in [1.807, 2.05) is 16.8 Å². The Bertz CT molecular complexity index is 657. The molecule has 8 heteroatoms. The Labute approximate surface area is 120 Å². The Kier molecular flexibility index (Phi) is 4.41. The molecule has 0 aliphatic carbocycles. The fourth-order valence-corrected chi connectivity index (χ4v) is 3.39. The van der Waals surface area contributed by atoms with Crippen LogP contribution in [-0.2, 0) is 16.6 Å². The number of nitrogens with one attached hydrogen (secondary N) is 2. The molecule has 0 saturated carbocycles. The number of rotatable bonds is 5. The summed E-state index contributed by atoms with van der Waals surface area (Å²) in [5, 5.41) is 6.82. The lowest BCUT2D eigenvalue weighted by atomic mass is 10.4. The molecule has 0 bridgehead atoms. The van der Waals surface area contributed by atoms with Crippen molar-refractivity contribution in [1.29, 1.82) is 0 Å². The largest absolute Gasteiger partial charge is 0.372 e. The highest BCUT2D eigenvalue weighted by Crippen LogP contribution is 2.22. The summed E-state index contributed by atoms with van der Waals surface area (Å²) in [6.45, 7) is 0.247. The summed E-state index contributed by atoms with van der Waals surface area (Å²) in [4.78, 5) is 4.00. The monoisotopic (exact) mass is 317 g/mol. The molecule has 0 amide bonds. The van der Waals surface area contributed by atoms with Gasteiger partial charge in [0, 0.05) is 19.8 Å². The number of thiophene rings is 1. The molecule has 2 heterocycles. The Morgan fingerprint density at radius 2 is 2.26 bits per heavy atom. The highest BCUT2D eigenvalue weighted by Gasteiger charge is 2.16. The Morgan fingerprint density at radius 1 is 1.47 bits per heavy atom. The number of anilines is 1. The second kappa shape index (κ2) is 5.87. The number of hydrogen-bond donors (Lipinski definition) is 2. The highest BCUT2D eigenvalue weighted by atomic mass is 35.5. The number of sulfonamides is 1. The number of halogens is 1. The fraction of sp³-hybridized carbons (Fsp3) is 0.182. The third-order valence-corrected chi connectivity index (χ3v) is 4.80. The zero-order chi connectivity index (χ0) is 13.9. The van der Waals surface area contributed by atoms with Crippen molar-refractivity contribution in [3.63, 3.8) is 0 Å². The van der Waals surface area contributed by atoms with Gasteiger partial charge in [0.1, 0.15) is 10.7 Å². The van der Waals surface area contributed by atoms with Gasteiger partial charge >= 0.3 is 0 Å². The van der Waals surface area contributed by atoms with Crippen LogP contribution in [0.1, 0.15) is 5.56 Å². The molecule has 0 aliphatic heterocycles. The molecule has 2 N–H and O–H groups in total. The van der Waals surface area contributed by atoms with Crippen LogP contribution in [0, 0.1) is 0 Å². The van der Waals surface area contributed by atoms with Gasteiger partial charge in [0.25, 0.3) is 0 Å². The van der Waals surface area contributed by atoms with E-state index in [2.05, 4.69) is 15.0 Å². The first kappa shape index (κ1) is 14.3. The Morgan fingerprint density at radius 3 is 2.84 bits per heavy atom. The van der Waals surface area contributed by atoms with Crippen LogP contribution in [0.3, 0.4) is 0 Å². The van der Waals surface area contributed by atoms with Crippen LogP contribution in [0.2, 0.25) is 5.02 Å². The first-order valence-corrected chi connectivity index (χ1v) is 8.17. The van der Waals surface area contributed by atoms with Crippen molar-refractivity contribution in [2.45, 2.75) is 11.4 Å². The van der Waals surface area contributed by atoms with Crippen molar-refractivity contribution in [3.05, 3.63) is 39.7 Å². The average molecular weight is 318 g/mol. The molecule has 2 aromatic heterocycles. The molecule has 2 rings (SSSR count). The lowest BCUT2D eigenvalue weighted by Gasteiger charge is -2.08. The third kappa shape index (κ3) is 3.44. The molecule has 5 nitrogen and oxygen atoms in total. The maximum Gasteiger partial charge on any atom is 0.242 e. The standard InChI is InChI=1S/C11H12ClN3O2S2/c1-13-11-10(12)4-9(6-14-11)19(16,17)15-5-8-2-3-18-7-8/h2-4,6-7,15H,5H2,1H3,(H,13,14). The third-order valence-electron chi connectivity index (χ3n) is 2.41. The van der Waals surface area contributed by atoms with Gasteiger partial charge in [0.05, 0.1) is 5.02 Å². The molecule has 0 unspecified atom stereocenters. The van der Waals surface area contributed by atoms with Crippen molar-refractivity contribution >= 4 is 38.8 Å². The van der Waals surface area contributed by atoms with Crippen LogP contribution in [0.4, 0.5) is 5.82 Å². The summed E-state index contributed by atoms with van der Waals surface area (Å²) in [6.07, 6.45) is 1.27. The first-order chi connectivity index (χ1) is 9.03. The van der Waals surface area contributed by atoms with E-state index >= 15 is 0 Å². The van der Waals surface area contributed by atoms with Gasteiger partial charge < -0.3 is 5.32 Å². The molecule has 2 aromatic rings. The van der Waals surface area contributed by atoms with Gasteiger partial charge in [0.15, 0.2) is 0 Å². The molecule has 0 aromatic carbocycles. The van der Waals surface area contributed by atoms with Crippen LogP contribution in [0.5, 0.6) is 0 Å². The molecular weight excluding hydrogens is 306 g/mol. The van der Waals surface area contributed by atoms with Crippen molar-refractivity contribution in [2.75, 3.05) is 12.4 Å². The van der Waals surface area contributed by atoms with Gasteiger partial charge in [-0.15, -0.1) is 0 Å². The second-order valence-electron chi connectivity index (χ2n) is 3.71. The van der Waals surface area contributed by atoms with Crippen molar-refractivity contribution < 1.29 is 8.42 Å². The predicted molar refractivity (Wildman–Crippen MR) is 77.1 cm³/mol. The van der Waals surface area contributed by atoms with E-state index in [-0.39, 0.29) is 16.5 Å². The van der Waals surface area contributed by atoms with Crippen LogP contribution in [0.15, 0.2) is 34.0 Å². The number of pyridine rings is 1. The Balaban J connectivity index is 2.17. The Hall–Kier alpha value is -1.15. The van der Waals surface area contributed by atoms with Crippen LogP contribution in [0.25, 0.3) is 0 Å². The van der Waals surface area contributed by atoms with E-state index in [0.717, 1.165) is 5.56 Å². The quantitative estimate of drug-likeness (QED) is 0.888. The molecule has 0 radical (unpaired) electrons. The fourth-order valence-electron chi connectivity index (χ4n) is 1.41. The summed E-state index contributed by atoms with van der Waals surface area (Å²) in [5.74, 6) is 0.443. The van der Waals surface area contributed by atoms with E-state index in [1.54, 1.807) is 7.05 Å². The van der Waals surface area contributed by atoms with E-state index in [1.165, 1.54) is 23.6 Å². The molecule has 0 fully saturated rings. The normalized spacial score (nSPS) is 11.5. The highest BCUT2D eigenvalue weighted by molar-refractivity contribution is 7.89. The number of nitrogens with zero attached hydrogens (tertiary/aromatic N) is 1. The van der Waals surface area contributed by atoms with E-state index in [9.17, 15) is 8.42 Å². The summed E-state index contributed by atoms with van der Waals surface area (Å²) < 4.78 is 26.6. The van der Waals surface area contributed by atoms with Gasteiger partial charge in [0.2, 0.25) is 10.0 Å². The topological polar surface area (TPSA) is 71.1 Å². The summed E-state index contributed by atoms with van der Waals surface area (Å²) >= 11 is 7.44. The molecule has 0 spiro atoms. The average Bonchev–Trinajstić information content (AvgIpc) is 2.89. The van der Waals surface area contributed by atoms with Crippen molar-refractivity contribution in [3.8, 4) is 0 Å². The maximum absolute atomic E-state index is 12.1. The van der Waals surface area contributed by atoms with Gasteiger partial charge in [-0.1, -0.05) is 11.6 Å². The van der Waals surface area contributed by atoms with Crippen molar-refractivity contribution in [1.82, 2.24) is 9.71 Å². The second-order valence-corrected chi connectivity index (χ2v) is 6.66. The summed E-state index contributed by atoms with van der Waals surface area (Å²) in [6, 6.07) is 3.23. The van der Waals surface area contributed by atoms with Gasteiger partial charge in [-0.3, -0.25) is 0 Å². The zero-order valence-electron chi connectivity index (χ0n) is 10.1. The van der Waals surface area contributed by atoms with Crippen LogP contribution in [-0.4, -0.2) is 20.4 Å². The molecule has 0 atom stereocenters. The van der Waals surface area contributed by atoms with E-state index in [0.29, 0.717) is 5.82 Å². The SMILES string of the molecule is CNc1ncc(S(=O)(=O)NCc2ccsc2)cc1Cl.